The van der Waals surface area contributed by atoms with Crippen molar-refractivity contribution in [1.82, 2.24) is 4.90 Å². The van der Waals surface area contributed by atoms with Crippen LogP contribution in [0.5, 0.6) is 11.5 Å². The van der Waals surface area contributed by atoms with Gasteiger partial charge in [-0.15, -0.1) is 0 Å². The van der Waals surface area contributed by atoms with E-state index in [-0.39, 0.29) is 11.6 Å². The van der Waals surface area contributed by atoms with Crippen LogP contribution in [0.15, 0.2) is 72.8 Å². The molecule has 1 aliphatic rings. The van der Waals surface area contributed by atoms with Gasteiger partial charge in [-0.25, -0.2) is 0 Å². The second-order valence-electron chi connectivity index (χ2n) is 8.02. The van der Waals surface area contributed by atoms with E-state index in [4.69, 9.17) is 9.47 Å². The summed E-state index contributed by atoms with van der Waals surface area (Å²) >= 11 is 0. The standard InChI is InChI=1S/C26H25N3O6/c1-2-23-26(31)28(14-15-34-22-6-4-3-5-7-22)17-19-16-20(10-13-24(19)35-23)27-25(30)18-8-11-21(12-9-18)29(32)33/h3-13,16,23H,2,14-15,17H2,1H3,(H,27,30)/t23-/m1/s1. The molecule has 0 saturated carbocycles. The number of hydrogen-bond donors (Lipinski definition) is 1. The van der Waals surface area contributed by atoms with Gasteiger partial charge in [-0.05, 0) is 48.9 Å². The number of non-ortho nitro benzene ring substituents is 1. The number of fused-ring (bicyclic) bond motifs is 1. The number of nitro benzene ring substituents is 1. The van der Waals surface area contributed by atoms with Crippen LogP contribution >= 0.6 is 0 Å². The van der Waals surface area contributed by atoms with Gasteiger partial charge >= 0.3 is 0 Å². The molecule has 180 valence electrons. The van der Waals surface area contributed by atoms with Crippen molar-refractivity contribution in [3.8, 4) is 11.5 Å². The van der Waals surface area contributed by atoms with Gasteiger partial charge in [-0.1, -0.05) is 25.1 Å². The molecule has 0 aromatic heterocycles. The maximum Gasteiger partial charge on any atom is 0.269 e. The zero-order chi connectivity index (χ0) is 24.8. The van der Waals surface area contributed by atoms with Gasteiger partial charge in [0.15, 0.2) is 6.10 Å². The molecule has 1 aliphatic heterocycles. The summed E-state index contributed by atoms with van der Waals surface area (Å²) in [5.74, 6) is 0.807. The number of amides is 2. The summed E-state index contributed by atoms with van der Waals surface area (Å²) in [6.07, 6.45) is -0.0824. The van der Waals surface area contributed by atoms with Gasteiger partial charge in [0.2, 0.25) is 0 Å². The first-order valence-electron chi connectivity index (χ1n) is 11.3. The summed E-state index contributed by atoms with van der Waals surface area (Å²) in [5, 5.41) is 13.6. The zero-order valence-electron chi connectivity index (χ0n) is 19.2. The Labute approximate surface area is 202 Å². The molecule has 9 nitrogen and oxygen atoms in total. The SMILES string of the molecule is CC[C@H]1Oc2ccc(NC(=O)c3ccc([N+](=O)[O-])cc3)cc2CN(CCOc2ccccc2)C1=O. The maximum atomic E-state index is 13.0. The van der Waals surface area contributed by atoms with Crippen molar-refractivity contribution in [2.75, 3.05) is 18.5 Å². The first kappa shape index (κ1) is 23.7. The summed E-state index contributed by atoms with van der Waals surface area (Å²) < 4.78 is 11.8. The Morgan fingerprint density at radius 3 is 2.57 bits per heavy atom. The van der Waals surface area contributed by atoms with E-state index in [1.807, 2.05) is 37.3 Å². The van der Waals surface area contributed by atoms with Crippen LogP contribution in [0.4, 0.5) is 11.4 Å². The lowest BCUT2D eigenvalue weighted by atomic mass is 10.1. The molecule has 35 heavy (non-hydrogen) atoms. The van der Waals surface area contributed by atoms with E-state index in [0.29, 0.717) is 43.1 Å². The van der Waals surface area contributed by atoms with Gasteiger partial charge in [-0.2, -0.15) is 0 Å². The van der Waals surface area contributed by atoms with Gasteiger partial charge in [0, 0.05) is 35.5 Å². The lowest BCUT2D eigenvalue weighted by Crippen LogP contribution is -2.41. The Kier molecular flexibility index (Phi) is 7.25. The molecule has 3 aromatic rings. The lowest BCUT2D eigenvalue weighted by Gasteiger charge is -2.23. The third kappa shape index (κ3) is 5.75. The van der Waals surface area contributed by atoms with Crippen molar-refractivity contribution >= 4 is 23.2 Å². The van der Waals surface area contributed by atoms with Crippen molar-refractivity contribution in [2.24, 2.45) is 0 Å². The fraction of sp³-hybridized carbons (Fsp3) is 0.231. The molecular weight excluding hydrogens is 450 g/mol. The summed E-state index contributed by atoms with van der Waals surface area (Å²) in [6.45, 7) is 2.92. The first-order chi connectivity index (χ1) is 16.9. The Morgan fingerprint density at radius 2 is 1.89 bits per heavy atom. The highest BCUT2D eigenvalue weighted by molar-refractivity contribution is 6.04. The summed E-state index contributed by atoms with van der Waals surface area (Å²) in [7, 11) is 0. The smallest absolute Gasteiger partial charge is 0.269 e. The summed E-state index contributed by atoms with van der Waals surface area (Å²) in [6, 6.07) is 20.0. The van der Waals surface area contributed by atoms with Crippen LogP contribution in [-0.2, 0) is 11.3 Å². The lowest BCUT2D eigenvalue weighted by molar-refractivity contribution is -0.384. The number of rotatable bonds is 8. The minimum Gasteiger partial charge on any atom is -0.492 e. The Morgan fingerprint density at radius 1 is 1.14 bits per heavy atom. The van der Waals surface area contributed by atoms with Crippen LogP contribution in [0, 0.1) is 10.1 Å². The molecule has 0 unspecified atom stereocenters. The minimum absolute atomic E-state index is 0.0878. The van der Waals surface area contributed by atoms with E-state index in [2.05, 4.69) is 5.32 Å². The number of carbonyl (C=O) groups is 2. The highest BCUT2D eigenvalue weighted by Gasteiger charge is 2.30. The predicted molar refractivity (Wildman–Crippen MR) is 130 cm³/mol. The predicted octanol–water partition coefficient (Wildman–Crippen LogP) is 4.43. The molecule has 0 spiro atoms. The second-order valence-corrected chi connectivity index (χ2v) is 8.02. The monoisotopic (exact) mass is 475 g/mol. The van der Waals surface area contributed by atoms with Gasteiger partial charge in [0.05, 0.1) is 11.5 Å². The van der Waals surface area contributed by atoms with Crippen LogP contribution in [-0.4, -0.2) is 40.9 Å². The van der Waals surface area contributed by atoms with E-state index in [1.54, 1.807) is 23.1 Å². The normalized spacial score (nSPS) is 14.9. The largest absolute Gasteiger partial charge is 0.492 e. The molecule has 1 N–H and O–H groups in total. The molecule has 0 radical (unpaired) electrons. The van der Waals surface area contributed by atoms with Crippen LogP contribution in [0.1, 0.15) is 29.3 Å². The minimum atomic E-state index is -0.603. The molecule has 0 aliphatic carbocycles. The molecule has 3 aromatic carbocycles. The van der Waals surface area contributed by atoms with Crippen LogP contribution < -0.4 is 14.8 Å². The van der Waals surface area contributed by atoms with Crippen molar-refractivity contribution in [1.29, 1.82) is 0 Å². The van der Waals surface area contributed by atoms with E-state index in [9.17, 15) is 19.7 Å². The van der Waals surface area contributed by atoms with Gasteiger partial charge in [0.25, 0.3) is 17.5 Å². The molecule has 1 heterocycles. The fourth-order valence-electron chi connectivity index (χ4n) is 3.76. The van der Waals surface area contributed by atoms with Crippen molar-refractivity contribution in [3.63, 3.8) is 0 Å². The van der Waals surface area contributed by atoms with Gasteiger partial charge in [-0.3, -0.25) is 19.7 Å². The average Bonchev–Trinajstić information content (AvgIpc) is 3.00. The summed E-state index contributed by atoms with van der Waals surface area (Å²) in [5.41, 5.74) is 1.49. The number of nitrogens with one attached hydrogen (secondary N) is 1. The number of para-hydroxylation sites is 1. The summed E-state index contributed by atoms with van der Waals surface area (Å²) in [4.78, 5) is 37.7. The van der Waals surface area contributed by atoms with Crippen molar-refractivity contribution in [2.45, 2.75) is 26.0 Å². The highest BCUT2D eigenvalue weighted by atomic mass is 16.6. The molecule has 9 heteroatoms. The quantitative estimate of drug-likeness (QED) is 0.381. The van der Waals surface area contributed by atoms with E-state index in [0.717, 1.165) is 11.3 Å². The second kappa shape index (κ2) is 10.7. The number of benzene rings is 3. The number of nitro groups is 1. The Hall–Kier alpha value is -4.40. The topological polar surface area (TPSA) is 111 Å². The maximum absolute atomic E-state index is 13.0. The molecule has 4 rings (SSSR count). The molecular formula is C26H25N3O6. The van der Waals surface area contributed by atoms with E-state index < -0.39 is 16.9 Å². The van der Waals surface area contributed by atoms with Crippen LogP contribution in [0.3, 0.4) is 0 Å². The Bertz CT molecular complexity index is 1210. The molecule has 2 amide bonds. The molecule has 0 fully saturated rings. The van der Waals surface area contributed by atoms with Gasteiger partial charge < -0.3 is 19.7 Å². The highest BCUT2D eigenvalue weighted by Crippen LogP contribution is 2.29. The first-order valence-corrected chi connectivity index (χ1v) is 11.3. The number of anilines is 1. The van der Waals surface area contributed by atoms with Crippen LogP contribution in [0.2, 0.25) is 0 Å². The Balaban J connectivity index is 1.47. The number of hydrogen-bond acceptors (Lipinski definition) is 6. The zero-order valence-corrected chi connectivity index (χ0v) is 19.2. The van der Waals surface area contributed by atoms with E-state index >= 15 is 0 Å². The van der Waals surface area contributed by atoms with E-state index in [1.165, 1.54) is 24.3 Å². The van der Waals surface area contributed by atoms with Gasteiger partial charge in [0.1, 0.15) is 18.1 Å². The van der Waals surface area contributed by atoms with Crippen molar-refractivity contribution in [3.05, 3.63) is 94.0 Å². The third-order valence-electron chi connectivity index (χ3n) is 5.62. The molecule has 0 saturated heterocycles. The van der Waals surface area contributed by atoms with Crippen molar-refractivity contribution < 1.29 is 24.0 Å². The number of carbonyl (C=O) groups excluding carboxylic acids is 2. The van der Waals surface area contributed by atoms with Crippen LogP contribution in [0.25, 0.3) is 0 Å². The average molecular weight is 476 g/mol. The number of ether oxygens (including phenoxy) is 2. The molecule has 1 atom stereocenters. The fourth-order valence-corrected chi connectivity index (χ4v) is 3.76. The number of nitrogens with zero attached hydrogens (tertiary/aromatic N) is 2. The third-order valence-corrected chi connectivity index (χ3v) is 5.62. The molecule has 0 bridgehead atoms.